The fourth-order valence-corrected chi connectivity index (χ4v) is 5.54. The maximum Gasteiger partial charge on any atom is 0.265 e. The molecule has 0 aliphatic carbocycles. The van der Waals surface area contributed by atoms with Crippen LogP contribution < -0.4 is 10.1 Å². The molecule has 1 aromatic carbocycles. The second-order valence-corrected chi connectivity index (χ2v) is 9.83. The van der Waals surface area contributed by atoms with Crippen molar-refractivity contribution in [3.63, 3.8) is 0 Å². The van der Waals surface area contributed by atoms with Crippen LogP contribution in [0.15, 0.2) is 29.2 Å². The minimum absolute atomic E-state index is 0.166. The summed E-state index contributed by atoms with van der Waals surface area (Å²) in [6, 6.07) is 6.42. The van der Waals surface area contributed by atoms with Crippen molar-refractivity contribution in [3.05, 3.63) is 39.6 Å². The first-order chi connectivity index (χ1) is 12.8. The summed E-state index contributed by atoms with van der Waals surface area (Å²) in [7, 11) is -2.09. The lowest BCUT2D eigenvalue weighted by atomic mass is 10.2. The van der Waals surface area contributed by atoms with Crippen molar-refractivity contribution in [3.8, 4) is 5.75 Å². The van der Waals surface area contributed by atoms with Crippen LogP contribution in [0.25, 0.3) is 0 Å². The van der Waals surface area contributed by atoms with Crippen LogP contribution in [0, 0.1) is 13.8 Å². The van der Waals surface area contributed by atoms with Crippen molar-refractivity contribution in [2.45, 2.75) is 38.0 Å². The number of benzene rings is 1. The van der Waals surface area contributed by atoms with E-state index in [1.165, 1.54) is 34.9 Å². The van der Waals surface area contributed by atoms with E-state index in [4.69, 9.17) is 4.74 Å². The van der Waals surface area contributed by atoms with Gasteiger partial charge in [0.15, 0.2) is 0 Å². The van der Waals surface area contributed by atoms with Crippen molar-refractivity contribution >= 4 is 33.0 Å². The van der Waals surface area contributed by atoms with E-state index >= 15 is 0 Å². The number of anilines is 1. The minimum atomic E-state index is -3.58. The van der Waals surface area contributed by atoms with Gasteiger partial charge < -0.3 is 10.1 Å². The Morgan fingerprint density at radius 1 is 1.15 bits per heavy atom. The smallest absolute Gasteiger partial charge is 0.265 e. The molecule has 27 heavy (non-hydrogen) atoms. The number of aryl methyl sites for hydroxylation is 2. The standard InChI is InChI=1S/C19H24N2O4S2/c1-13-11-18(26-14(13)2)19(22)20-16-12-15(7-8-17(16)25-3)27(23,24)21-9-5-4-6-10-21/h7-8,11-12H,4-6,9-10H2,1-3H3,(H,20,22). The van der Waals surface area contributed by atoms with Crippen LogP contribution in [0.3, 0.4) is 0 Å². The zero-order valence-corrected chi connectivity index (χ0v) is 17.4. The number of nitrogens with one attached hydrogen (secondary N) is 1. The van der Waals surface area contributed by atoms with Gasteiger partial charge in [-0.1, -0.05) is 6.42 Å². The van der Waals surface area contributed by atoms with Crippen molar-refractivity contribution in [2.24, 2.45) is 0 Å². The molecular formula is C19H24N2O4S2. The van der Waals surface area contributed by atoms with Gasteiger partial charge in [0, 0.05) is 18.0 Å². The lowest BCUT2D eigenvalue weighted by Crippen LogP contribution is -2.35. The second-order valence-electron chi connectivity index (χ2n) is 6.63. The van der Waals surface area contributed by atoms with E-state index < -0.39 is 10.0 Å². The Labute approximate surface area is 164 Å². The fourth-order valence-electron chi connectivity index (χ4n) is 3.07. The Bertz CT molecular complexity index is 925. The molecule has 1 aliphatic heterocycles. The molecule has 1 aromatic heterocycles. The lowest BCUT2D eigenvalue weighted by molar-refractivity contribution is 0.103. The Balaban J connectivity index is 1.90. The van der Waals surface area contributed by atoms with E-state index in [2.05, 4.69) is 5.32 Å². The first-order valence-electron chi connectivity index (χ1n) is 8.89. The van der Waals surface area contributed by atoms with E-state index in [0.29, 0.717) is 29.4 Å². The summed E-state index contributed by atoms with van der Waals surface area (Å²) in [5.74, 6) is 0.146. The summed E-state index contributed by atoms with van der Waals surface area (Å²) in [6.45, 7) is 4.98. The van der Waals surface area contributed by atoms with E-state index in [1.54, 1.807) is 6.07 Å². The van der Waals surface area contributed by atoms with Gasteiger partial charge in [0.05, 0.1) is 22.6 Å². The van der Waals surface area contributed by atoms with Gasteiger partial charge in [-0.25, -0.2) is 8.42 Å². The van der Waals surface area contributed by atoms with Crippen LogP contribution in [0.4, 0.5) is 5.69 Å². The van der Waals surface area contributed by atoms with Crippen molar-refractivity contribution in [1.29, 1.82) is 0 Å². The molecule has 0 atom stereocenters. The van der Waals surface area contributed by atoms with E-state index in [0.717, 1.165) is 29.7 Å². The average Bonchev–Trinajstić information content (AvgIpc) is 3.01. The number of amides is 1. The summed E-state index contributed by atoms with van der Waals surface area (Å²) in [6.07, 6.45) is 2.79. The minimum Gasteiger partial charge on any atom is -0.495 e. The molecule has 1 saturated heterocycles. The third kappa shape index (κ3) is 4.17. The van der Waals surface area contributed by atoms with Gasteiger partial charge in [0.1, 0.15) is 5.75 Å². The van der Waals surface area contributed by atoms with Crippen LogP contribution in [-0.2, 0) is 10.0 Å². The molecule has 146 valence electrons. The predicted octanol–water partition coefficient (Wildman–Crippen LogP) is 3.80. The number of hydrogen-bond acceptors (Lipinski definition) is 5. The molecule has 1 amide bonds. The number of methoxy groups -OCH3 is 1. The molecule has 1 fully saturated rings. The van der Waals surface area contributed by atoms with Gasteiger partial charge in [0.25, 0.3) is 5.91 Å². The lowest BCUT2D eigenvalue weighted by Gasteiger charge is -2.26. The van der Waals surface area contributed by atoms with Crippen molar-refractivity contribution in [2.75, 3.05) is 25.5 Å². The number of ether oxygens (including phenoxy) is 1. The number of rotatable bonds is 5. The third-order valence-electron chi connectivity index (χ3n) is 4.76. The number of hydrogen-bond donors (Lipinski definition) is 1. The van der Waals surface area contributed by atoms with E-state index in [1.807, 2.05) is 19.9 Å². The largest absolute Gasteiger partial charge is 0.495 e. The zero-order valence-electron chi connectivity index (χ0n) is 15.7. The fraction of sp³-hybridized carbons (Fsp3) is 0.421. The highest BCUT2D eigenvalue weighted by Crippen LogP contribution is 2.31. The van der Waals surface area contributed by atoms with Crippen LogP contribution in [0.5, 0.6) is 5.75 Å². The van der Waals surface area contributed by atoms with E-state index in [-0.39, 0.29) is 10.8 Å². The Morgan fingerprint density at radius 2 is 1.85 bits per heavy atom. The molecule has 2 aromatic rings. The summed E-state index contributed by atoms with van der Waals surface area (Å²) >= 11 is 1.41. The SMILES string of the molecule is COc1ccc(S(=O)(=O)N2CCCCC2)cc1NC(=O)c1cc(C)c(C)s1. The average molecular weight is 409 g/mol. The third-order valence-corrected chi connectivity index (χ3v) is 7.81. The van der Waals surface area contributed by atoms with Crippen LogP contribution >= 0.6 is 11.3 Å². The Morgan fingerprint density at radius 3 is 2.44 bits per heavy atom. The molecule has 8 heteroatoms. The molecule has 3 rings (SSSR count). The molecule has 0 saturated carbocycles. The van der Waals surface area contributed by atoms with E-state index in [9.17, 15) is 13.2 Å². The summed E-state index contributed by atoms with van der Waals surface area (Å²) in [5, 5.41) is 2.80. The van der Waals surface area contributed by atoms with Crippen LogP contribution in [0.2, 0.25) is 0 Å². The first-order valence-corrected chi connectivity index (χ1v) is 11.1. The van der Waals surface area contributed by atoms with Crippen molar-refractivity contribution < 1.29 is 17.9 Å². The first kappa shape index (κ1) is 19.9. The second kappa shape index (κ2) is 8.00. The Kier molecular flexibility index (Phi) is 5.88. The molecule has 0 radical (unpaired) electrons. The highest BCUT2D eigenvalue weighted by Gasteiger charge is 2.27. The molecule has 0 unspecified atom stereocenters. The van der Waals surface area contributed by atoms with Gasteiger partial charge in [0.2, 0.25) is 10.0 Å². The summed E-state index contributed by atoms with van der Waals surface area (Å²) in [5.41, 5.74) is 1.41. The van der Waals surface area contributed by atoms with Crippen LogP contribution in [0.1, 0.15) is 39.4 Å². The number of piperidine rings is 1. The highest BCUT2D eigenvalue weighted by atomic mass is 32.2. The maximum atomic E-state index is 12.9. The van der Waals surface area contributed by atoms with Gasteiger partial charge in [-0.05, 0) is 56.5 Å². The quantitative estimate of drug-likeness (QED) is 0.816. The molecule has 6 nitrogen and oxygen atoms in total. The Hall–Kier alpha value is -1.90. The molecule has 0 spiro atoms. The van der Waals surface area contributed by atoms with Gasteiger partial charge in [-0.2, -0.15) is 4.31 Å². The molecule has 1 aliphatic rings. The monoisotopic (exact) mass is 408 g/mol. The van der Waals surface area contributed by atoms with Gasteiger partial charge >= 0.3 is 0 Å². The number of nitrogens with zero attached hydrogens (tertiary/aromatic N) is 1. The number of carbonyl (C=O) groups is 1. The highest BCUT2D eigenvalue weighted by molar-refractivity contribution is 7.89. The maximum absolute atomic E-state index is 12.9. The number of carbonyl (C=O) groups excluding carboxylic acids is 1. The molecular weight excluding hydrogens is 384 g/mol. The van der Waals surface area contributed by atoms with Crippen molar-refractivity contribution in [1.82, 2.24) is 4.31 Å². The van der Waals surface area contributed by atoms with Gasteiger partial charge in [-0.15, -0.1) is 11.3 Å². The molecule has 1 N–H and O–H groups in total. The summed E-state index contributed by atoms with van der Waals surface area (Å²) < 4.78 is 32.6. The number of sulfonamides is 1. The van der Waals surface area contributed by atoms with Gasteiger partial charge in [-0.3, -0.25) is 4.79 Å². The molecule has 0 bridgehead atoms. The zero-order chi connectivity index (χ0) is 19.6. The topological polar surface area (TPSA) is 75.7 Å². The summed E-state index contributed by atoms with van der Waals surface area (Å²) in [4.78, 5) is 14.4. The molecule has 2 heterocycles. The normalized spacial score (nSPS) is 15.5. The predicted molar refractivity (Wildman–Crippen MR) is 107 cm³/mol. The van der Waals surface area contributed by atoms with Crippen LogP contribution in [-0.4, -0.2) is 38.8 Å². The number of thiophene rings is 1.